The molecule has 1 aliphatic carbocycles. The van der Waals surface area contributed by atoms with Crippen LogP contribution in [0.4, 0.5) is 4.39 Å². The number of aromatic nitrogens is 4. The highest BCUT2D eigenvalue weighted by molar-refractivity contribution is 5.81. The quantitative estimate of drug-likeness (QED) is 0.741. The number of fused-ring (bicyclic) bond motifs is 2. The molecule has 0 bridgehead atoms. The first kappa shape index (κ1) is 14.8. The Labute approximate surface area is 138 Å². The molecule has 0 spiro atoms. The van der Waals surface area contributed by atoms with Gasteiger partial charge >= 0.3 is 6.01 Å². The van der Waals surface area contributed by atoms with Crippen LogP contribution in [0.15, 0.2) is 36.8 Å². The second-order valence-corrected chi connectivity index (χ2v) is 5.68. The predicted molar refractivity (Wildman–Crippen MR) is 88.4 cm³/mol. The number of ether oxygens (including phenoxy) is 1. The molecule has 122 valence electrons. The summed E-state index contributed by atoms with van der Waals surface area (Å²) in [6, 6.07) is 4.19. The molecule has 0 saturated heterocycles. The van der Waals surface area contributed by atoms with E-state index in [1.807, 2.05) is 19.1 Å². The Morgan fingerprint density at radius 2 is 2.17 bits per heavy atom. The monoisotopic (exact) mass is 324 g/mol. The molecule has 0 fully saturated rings. The fourth-order valence-corrected chi connectivity index (χ4v) is 3.02. The highest BCUT2D eigenvalue weighted by atomic mass is 19.1. The molecule has 0 radical (unpaired) electrons. The lowest BCUT2D eigenvalue weighted by molar-refractivity contribution is 0.311. The number of hydrogen-bond donors (Lipinski definition) is 0. The summed E-state index contributed by atoms with van der Waals surface area (Å²) in [6.07, 6.45) is 9.81. The first-order chi connectivity index (χ1) is 11.8. The van der Waals surface area contributed by atoms with Crippen molar-refractivity contribution in [3.8, 4) is 6.01 Å². The van der Waals surface area contributed by atoms with Crippen molar-refractivity contribution in [1.82, 2.24) is 19.4 Å². The van der Waals surface area contributed by atoms with Crippen LogP contribution in [-0.4, -0.2) is 26.0 Å². The first-order valence-corrected chi connectivity index (χ1v) is 8.08. The van der Waals surface area contributed by atoms with Crippen LogP contribution in [-0.2, 0) is 6.42 Å². The lowest BCUT2D eigenvalue weighted by Crippen LogP contribution is -2.04. The Kier molecular flexibility index (Phi) is 3.72. The van der Waals surface area contributed by atoms with Crippen molar-refractivity contribution in [1.29, 1.82) is 0 Å². The van der Waals surface area contributed by atoms with Crippen molar-refractivity contribution < 1.29 is 9.13 Å². The van der Waals surface area contributed by atoms with Gasteiger partial charge in [-0.2, -0.15) is 9.37 Å². The van der Waals surface area contributed by atoms with E-state index in [0.29, 0.717) is 18.3 Å². The second kappa shape index (κ2) is 6.03. The minimum absolute atomic E-state index is 0.371. The van der Waals surface area contributed by atoms with Crippen LogP contribution >= 0.6 is 0 Å². The van der Waals surface area contributed by atoms with Crippen LogP contribution in [0, 0.1) is 5.95 Å². The smallest absolute Gasteiger partial charge is 0.316 e. The molecule has 24 heavy (non-hydrogen) atoms. The zero-order valence-corrected chi connectivity index (χ0v) is 13.4. The standard InChI is InChI=1S/C18H17FN4O/c1-2-24-18-21-9-14-13(5-3-4-6-15(14)22-18)12-7-8-17-20-10-16(19)23(17)11-12/h5,7-11H,2-4,6H2,1H3. The highest BCUT2D eigenvalue weighted by Crippen LogP contribution is 2.30. The third kappa shape index (κ3) is 2.54. The third-order valence-electron chi connectivity index (χ3n) is 4.15. The zero-order valence-electron chi connectivity index (χ0n) is 13.4. The number of hydrogen-bond acceptors (Lipinski definition) is 4. The SMILES string of the molecule is CCOc1ncc2c(n1)CCCC=C2c1ccc2ncc(F)n2c1. The predicted octanol–water partition coefficient (Wildman–Crippen LogP) is 3.43. The van der Waals surface area contributed by atoms with Gasteiger partial charge in [-0.25, -0.2) is 9.97 Å². The lowest BCUT2D eigenvalue weighted by Gasteiger charge is -2.12. The van der Waals surface area contributed by atoms with Gasteiger partial charge in [0, 0.05) is 18.0 Å². The summed E-state index contributed by atoms with van der Waals surface area (Å²) in [5, 5.41) is 0. The maximum atomic E-state index is 13.8. The minimum Gasteiger partial charge on any atom is -0.464 e. The fraction of sp³-hybridized carbons (Fsp3) is 0.278. The van der Waals surface area contributed by atoms with Gasteiger partial charge in [-0.05, 0) is 49.5 Å². The Bertz CT molecular complexity index is 932. The number of imidazole rings is 1. The molecule has 3 aromatic rings. The number of pyridine rings is 1. The molecular formula is C18H17FN4O. The average Bonchev–Trinajstić information content (AvgIpc) is 2.84. The van der Waals surface area contributed by atoms with Crippen molar-refractivity contribution in [2.45, 2.75) is 26.2 Å². The number of rotatable bonds is 3. The number of nitrogens with zero attached hydrogens (tertiary/aromatic N) is 4. The van der Waals surface area contributed by atoms with Crippen LogP contribution < -0.4 is 4.74 Å². The van der Waals surface area contributed by atoms with Crippen LogP contribution in [0.1, 0.15) is 36.6 Å². The number of allylic oxidation sites excluding steroid dienone is 1. The van der Waals surface area contributed by atoms with E-state index in [1.165, 1.54) is 10.6 Å². The lowest BCUT2D eigenvalue weighted by atomic mass is 9.99. The topological polar surface area (TPSA) is 52.3 Å². The fourth-order valence-electron chi connectivity index (χ4n) is 3.02. The largest absolute Gasteiger partial charge is 0.464 e. The van der Waals surface area contributed by atoms with Gasteiger partial charge in [0.05, 0.1) is 18.5 Å². The molecule has 0 aromatic carbocycles. The number of aryl methyl sites for hydroxylation is 1. The Balaban J connectivity index is 1.82. The third-order valence-corrected chi connectivity index (χ3v) is 4.15. The van der Waals surface area contributed by atoms with E-state index in [-0.39, 0.29) is 5.95 Å². The normalized spacial score (nSPS) is 14.2. The molecule has 0 amide bonds. The van der Waals surface area contributed by atoms with E-state index in [4.69, 9.17) is 4.74 Å². The van der Waals surface area contributed by atoms with Crippen molar-refractivity contribution in [2.75, 3.05) is 6.61 Å². The molecule has 5 nitrogen and oxygen atoms in total. The highest BCUT2D eigenvalue weighted by Gasteiger charge is 2.17. The van der Waals surface area contributed by atoms with E-state index in [2.05, 4.69) is 21.0 Å². The van der Waals surface area contributed by atoms with Crippen LogP contribution in [0.3, 0.4) is 0 Å². The Morgan fingerprint density at radius 3 is 3.04 bits per heavy atom. The minimum atomic E-state index is -0.371. The molecule has 0 unspecified atom stereocenters. The molecule has 4 rings (SSSR count). The van der Waals surface area contributed by atoms with Gasteiger partial charge in [-0.3, -0.25) is 4.40 Å². The van der Waals surface area contributed by atoms with Gasteiger partial charge in [0.25, 0.3) is 0 Å². The summed E-state index contributed by atoms with van der Waals surface area (Å²) >= 11 is 0. The second-order valence-electron chi connectivity index (χ2n) is 5.68. The molecule has 3 heterocycles. The Hall–Kier alpha value is -2.76. The molecule has 0 atom stereocenters. The van der Waals surface area contributed by atoms with Gasteiger partial charge in [0.1, 0.15) is 5.65 Å². The van der Waals surface area contributed by atoms with Crippen molar-refractivity contribution >= 4 is 11.2 Å². The van der Waals surface area contributed by atoms with E-state index < -0.39 is 0 Å². The van der Waals surface area contributed by atoms with E-state index in [0.717, 1.165) is 41.7 Å². The summed E-state index contributed by atoms with van der Waals surface area (Å²) in [5.74, 6) is -0.371. The molecule has 0 aliphatic heterocycles. The zero-order chi connectivity index (χ0) is 16.5. The number of halogens is 1. The molecule has 0 N–H and O–H groups in total. The van der Waals surface area contributed by atoms with E-state index in [1.54, 1.807) is 12.4 Å². The van der Waals surface area contributed by atoms with Gasteiger partial charge in [0.15, 0.2) is 0 Å². The van der Waals surface area contributed by atoms with Gasteiger partial charge in [0.2, 0.25) is 5.95 Å². The van der Waals surface area contributed by atoms with Crippen LogP contribution in [0.25, 0.3) is 11.2 Å². The summed E-state index contributed by atoms with van der Waals surface area (Å²) in [4.78, 5) is 12.9. The van der Waals surface area contributed by atoms with Crippen molar-refractivity contribution in [2.24, 2.45) is 0 Å². The van der Waals surface area contributed by atoms with Gasteiger partial charge in [-0.15, -0.1) is 0 Å². The van der Waals surface area contributed by atoms with E-state index >= 15 is 0 Å². The maximum Gasteiger partial charge on any atom is 0.316 e. The summed E-state index contributed by atoms with van der Waals surface area (Å²) in [6.45, 7) is 2.45. The molecule has 3 aromatic heterocycles. The summed E-state index contributed by atoms with van der Waals surface area (Å²) < 4.78 is 20.7. The van der Waals surface area contributed by atoms with E-state index in [9.17, 15) is 4.39 Å². The van der Waals surface area contributed by atoms with Crippen LogP contribution in [0.5, 0.6) is 6.01 Å². The molecule has 6 heteroatoms. The van der Waals surface area contributed by atoms with Gasteiger partial charge in [-0.1, -0.05) is 6.08 Å². The van der Waals surface area contributed by atoms with Gasteiger partial charge < -0.3 is 4.74 Å². The summed E-state index contributed by atoms with van der Waals surface area (Å²) in [7, 11) is 0. The molecular weight excluding hydrogens is 307 g/mol. The van der Waals surface area contributed by atoms with Crippen LogP contribution in [0.2, 0.25) is 0 Å². The van der Waals surface area contributed by atoms with Crippen molar-refractivity contribution in [3.63, 3.8) is 0 Å². The molecule has 1 aliphatic rings. The van der Waals surface area contributed by atoms with Crippen molar-refractivity contribution in [3.05, 3.63) is 59.6 Å². The maximum absolute atomic E-state index is 13.8. The Morgan fingerprint density at radius 1 is 1.25 bits per heavy atom. The summed E-state index contributed by atoms with van der Waals surface area (Å²) in [5.41, 5.74) is 4.50. The molecule has 0 saturated carbocycles. The first-order valence-electron chi connectivity index (χ1n) is 8.08. The average molecular weight is 324 g/mol.